The quantitative estimate of drug-likeness (QED) is 0.270. The molecule has 1 N–H and O–H groups in total. The molecule has 9 heteroatoms. The van der Waals surface area contributed by atoms with Gasteiger partial charge in [-0.15, -0.1) is 0 Å². The lowest BCUT2D eigenvalue weighted by Crippen LogP contribution is -2.10. The zero-order valence-corrected chi connectivity index (χ0v) is 21.3. The van der Waals surface area contributed by atoms with Gasteiger partial charge in [0.05, 0.1) is 28.6 Å². The minimum atomic E-state index is 0.288. The number of thiazole rings is 1. The Morgan fingerprint density at radius 2 is 1.88 bits per heavy atom. The van der Waals surface area contributed by atoms with Crippen molar-refractivity contribution in [2.75, 3.05) is 11.9 Å². The molecule has 3 aromatic heterocycles. The largest absolute Gasteiger partial charge is 0.490 e. The molecule has 1 aromatic carbocycles. The lowest BCUT2D eigenvalue weighted by Gasteiger charge is -2.15. The van der Waals surface area contributed by atoms with E-state index in [4.69, 9.17) is 14.7 Å². The van der Waals surface area contributed by atoms with E-state index in [1.165, 1.54) is 12.8 Å². The number of hydrogen-bond acceptors (Lipinski definition) is 8. The standard InChI is InChI=1S/C25H25BrN6OS/c1-2-9-29-25-30-15-23(34-25)21-13-20(31-24(32-21)22-14-27-10-11-28-22)18-12-17(7-8-19(18)26)33-16-5-3-4-6-16/h7-8,10-16H,2-6,9H2,1H3,(H,29,30). The zero-order valence-electron chi connectivity index (χ0n) is 18.9. The smallest absolute Gasteiger partial charge is 0.183 e. The van der Waals surface area contributed by atoms with Crippen molar-refractivity contribution in [3.8, 4) is 39.1 Å². The summed E-state index contributed by atoms with van der Waals surface area (Å²) in [6.45, 7) is 3.02. The zero-order chi connectivity index (χ0) is 23.3. The molecule has 0 bridgehead atoms. The highest BCUT2D eigenvalue weighted by Crippen LogP contribution is 2.36. The van der Waals surface area contributed by atoms with Crippen LogP contribution in [0, 0.1) is 0 Å². The minimum Gasteiger partial charge on any atom is -0.490 e. The molecule has 0 radical (unpaired) electrons. The molecule has 1 fully saturated rings. The Morgan fingerprint density at radius 1 is 1.03 bits per heavy atom. The monoisotopic (exact) mass is 536 g/mol. The molecule has 0 atom stereocenters. The summed E-state index contributed by atoms with van der Waals surface area (Å²) in [6, 6.07) is 8.07. The highest BCUT2D eigenvalue weighted by molar-refractivity contribution is 9.10. The SMILES string of the molecule is CCCNc1ncc(-c2cc(-c3cc(OC4CCCC4)ccc3Br)nc(-c3cnccn3)n2)s1. The van der Waals surface area contributed by atoms with Gasteiger partial charge in [0.25, 0.3) is 0 Å². The molecule has 7 nitrogen and oxygen atoms in total. The summed E-state index contributed by atoms with van der Waals surface area (Å²) >= 11 is 5.29. The van der Waals surface area contributed by atoms with Crippen LogP contribution in [0.15, 0.2) is 53.5 Å². The first-order valence-corrected chi connectivity index (χ1v) is 13.1. The number of aromatic nitrogens is 5. The Morgan fingerprint density at radius 3 is 2.68 bits per heavy atom. The van der Waals surface area contributed by atoms with Gasteiger partial charge in [0, 0.05) is 35.2 Å². The lowest BCUT2D eigenvalue weighted by molar-refractivity contribution is 0.210. The first kappa shape index (κ1) is 22.9. The van der Waals surface area contributed by atoms with E-state index >= 15 is 0 Å². The van der Waals surface area contributed by atoms with Crippen molar-refractivity contribution >= 4 is 32.4 Å². The van der Waals surface area contributed by atoms with E-state index in [1.54, 1.807) is 29.9 Å². The summed E-state index contributed by atoms with van der Waals surface area (Å²) in [5.41, 5.74) is 3.14. The van der Waals surface area contributed by atoms with E-state index in [-0.39, 0.29) is 6.10 Å². The van der Waals surface area contributed by atoms with Crippen LogP contribution in [0.25, 0.3) is 33.3 Å². The third-order valence-corrected chi connectivity index (χ3v) is 7.29. The summed E-state index contributed by atoms with van der Waals surface area (Å²) in [5, 5.41) is 4.23. The molecular formula is C25H25BrN6OS. The van der Waals surface area contributed by atoms with Gasteiger partial charge in [0.1, 0.15) is 11.4 Å². The molecule has 1 aliphatic rings. The Hall–Kier alpha value is -2.91. The van der Waals surface area contributed by atoms with Crippen LogP contribution in [0.2, 0.25) is 0 Å². The Kier molecular flexibility index (Phi) is 7.10. The van der Waals surface area contributed by atoms with E-state index < -0.39 is 0 Å². The first-order valence-electron chi connectivity index (χ1n) is 11.5. The highest BCUT2D eigenvalue weighted by Gasteiger charge is 2.19. The summed E-state index contributed by atoms with van der Waals surface area (Å²) in [5.74, 6) is 1.38. The summed E-state index contributed by atoms with van der Waals surface area (Å²) in [4.78, 5) is 23.8. The first-order chi connectivity index (χ1) is 16.7. The average molecular weight is 537 g/mol. The minimum absolute atomic E-state index is 0.288. The second-order valence-electron chi connectivity index (χ2n) is 8.18. The van der Waals surface area contributed by atoms with Gasteiger partial charge >= 0.3 is 0 Å². The normalized spacial score (nSPS) is 13.8. The van der Waals surface area contributed by atoms with Gasteiger partial charge in [0.15, 0.2) is 11.0 Å². The molecule has 0 amide bonds. The van der Waals surface area contributed by atoms with E-state index in [2.05, 4.69) is 49.2 Å². The molecule has 0 spiro atoms. The van der Waals surface area contributed by atoms with Gasteiger partial charge in [-0.2, -0.15) is 0 Å². The topological polar surface area (TPSA) is 85.7 Å². The Labute approximate surface area is 211 Å². The highest BCUT2D eigenvalue weighted by atomic mass is 79.9. The fraction of sp³-hybridized carbons (Fsp3) is 0.320. The number of halogens is 1. The predicted octanol–water partition coefficient (Wildman–Crippen LogP) is 6.63. The van der Waals surface area contributed by atoms with Gasteiger partial charge in [-0.05, 0) is 56.4 Å². The fourth-order valence-corrected chi connectivity index (χ4v) is 5.17. The molecule has 0 saturated heterocycles. The van der Waals surface area contributed by atoms with E-state index in [1.807, 2.05) is 24.4 Å². The van der Waals surface area contributed by atoms with Crippen LogP contribution in [0.1, 0.15) is 39.0 Å². The predicted molar refractivity (Wildman–Crippen MR) is 139 cm³/mol. The number of benzene rings is 1. The van der Waals surface area contributed by atoms with Gasteiger partial charge in [-0.25, -0.2) is 19.9 Å². The van der Waals surface area contributed by atoms with Crippen molar-refractivity contribution in [3.05, 3.63) is 53.5 Å². The maximum absolute atomic E-state index is 6.26. The van der Waals surface area contributed by atoms with Crippen LogP contribution >= 0.6 is 27.3 Å². The van der Waals surface area contributed by atoms with Crippen LogP contribution in [0.4, 0.5) is 5.13 Å². The molecular weight excluding hydrogens is 512 g/mol. The number of nitrogens with one attached hydrogen (secondary N) is 1. The molecule has 0 aliphatic heterocycles. The maximum atomic E-state index is 6.26. The molecule has 4 aromatic rings. The van der Waals surface area contributed by atoms with Crippen molar-refractivity contribution in [2.24, 2.45) is 0 Å². The van der Waals surface area contributed by atoms with Crippen LogP contribution in [-0.4, -0.2) is 37.6 Å². The average Bonchev–Trinajstić information content (AvgIpc) is 3.56. The third kappa shape index (κ3) is 5.26. The van der Waals surface area contributed by atoms with E-state index in [0.29, 0.717) is 11.5 Å². The van der Waals surface area contributed by atoms with E-state index in [0.717, 1.165) is 63.0 Å². The summed E-state index contributed by atoms with van der Waals surface area (Å²) < 4.78 is 7.20. The van der Waals surface area contributed by atoms with Crippen LogP contribution in [0.3, 0.4) is 0 Å². The van der Waals surface area contributed by atoms with Crippen LogP contribution in [0.5, 0.6) is 5.75 Å². The number of hydrogen-bond donors (Lipinski definition) is 1. The molecule has 5 rings (SSSR count). The molecule has 34 heavy (non-hydrogen) atoms. The molecule has 3 heterocycles. The van der Waals surface area contributed by atoms with Crippen LogP contribution in [-0.2, 0) is 0 Å². The van der Waals surface area contributed by atoms with Crippen molar-refractivity contribution in [2.45, 2.75) is 45.1 Å². The third-order valence-electron chi connectivity index (χ3n) is 5.62. The number of nitrogens with zero attached hydrogens (tertiary/aromatic N) is 5. The molecule has 174 valence electrons. The second kappa shape index (κ2) is 10.6. The van der Waals surface area contributed by atoms with Crippen LogP contribution < -0.4 is 10.1 Å². The summed E-state index contributed by atoms with van der Waals surface area (Å²) in [6.07, 6.45) is 12.8. The second-order valence-corrected chi connectivity index (χ2v) is 10.1. The number of ether oxygens (including phenoxy) is 1. The van der Waals surface area contributed by atoms with Crippen molar-refractivity contribution < 1.29 is 4.74 Å². The lowest BCUT2D eigenvalue weighted by atomic mass is 10.1. The molecule has 0 unspecified atom stereocenters. The van der Waals surface area contributed by atoms with Crippen molar-refractivity contribution in [1.82, 2.24) is 24.9 Å². The van der Waals surface area contributed by atoms with Gasteiger partial charge in [0.2, 0.25) is 0 Å². The molecule has 1 aliphatic carbocycles. The van der Waals surface area contributed by atoms with E-state index in [9.17, 15) is 0 Å². The van der Waals surface area contributed by atoms with Crippen molar-refractivity contribution in [3.63, 3.8) is 0 Å². The Balaban J connectivity index is 1.56. The van der Waals surface area contributed by atoms with Gasteiger partial charge in [-0.3, -0.25) is 4.98 Å². The number of anilines is 1. The van der Waals surface area contributed by atoms with Crippen molar-refractivity contribution in [1.29, 1.82) is 0 Å². The number of rotatable bonds is 8. The van der Waals surface area contributed by atoms with Gasteiger partial charge < -0.3 is 10.1 Å². The summed E-state index contributed by atoms with van der Waals surface area (Å²) in [7, 11) is 0. The van der Waals surface area contributed by atoms with Gasteiger partial charge in [-0.1, -0.05) is 34.2 Å². The maximum Gasteiger partial charge on any atom is 0.183 e. The Bertz CT molecular complexity index is 1260. The fourth-order valence-electron chi connectivity index (χ4n) is 3.92. The molecule has 1 saturated carbocycles.